The average Bonchev–Trinajstić information content (AvgIpc) is 2.69. The van der Waals surface area contributed by atoms with Crippen molar-refractivity contribution in [2.75, 3.05) is 0 Å². The summed E-state index contributed by atoms with van der Waals surface area (Å²) in [7, 11) is 0. The van der Waals surface area contributed by atoms with Crippen LogP contribution in [0.15, 0.2) is 52.2 Å². The number of halogens is 1. The molecule has 3 heteroatoms. The molecule has 0 radical (unpaired) electrons. The summed E-state index contributed by atoms with van der Waals surface area (Å²) < 4.78 is 1.06. The van der Waals surface area contributed by atoms with E-state index >= 15 is 0 Å². The highest BCUT2D eigenvalue weighted by Gasteiger charge is 2.28. The minimum absolute atomic E-state index is 0.119. The van der Waals surface area contributed by atoms with E-state index in [-0.39, 0.29) is 5.91 Å². The molecular weight excluding hydrogens is 290 g/mol. The lowest BCUT2D eigenvalue weighted by molar-refractivity contribution is -0.123. The fourth-order valence-corrected chi connectivity index (χ4v) is 2.94. The van der Waals surface area contributed by atoms with Crippen LogP contribution in [0.2, 0.25) is 0 Å². The molecule has 0 aromatic heterocycles. The molecule has 1 aromatic carbocycles. The van der Waals surface area contributed by atoms with E-state index in [2.05, 4.69) is 28.1 Å². The number of carbonyl (C=O) groups excluding carboxylic acids is 1. The molecule has 0 N–H and O–H groups in total. The predicted octanol–water partition coefficient (Wildman–Crippen LogP) is 3.79. The molecule has 18 heavy (non-hydrogen) atoms. The minimum Gasteiger partial charge on any atom is -0.304 e. The summed E-state index contributed by atoms with van der Waals surface area (Å²) in [5.41, 5.74) is 3.48. The number of benzene rings is 1. The lowest BCUT2D eigenvalue weighted by Gasteiger charge is -2.23. The van der Waals surface area contributed by atoms with Crippen LogP contribution in [-0.4, -0.2) is 10.8 Å². The van der Waals surface area contributed by atoms with Gasteiger partial charge in [-0.05, 0) is 36.5 Å². The Morgan fingerprint density at radius 3 is 2.94 bits per heavy atom. The highest BCUT2D eigenvalue weighted by Crippen LogP contribution is 2.33. The SMILES string of the molecule is O=C1C=C2CCCC=C2N1Cc1ccccc1Br. The normalized spacial score (nSPS) is 18.5. The van der Waals surface area contributed by atoms with Crippen LogP contribution < -0.4 is 0 Å². The van der Waals surface area contributed by atoms with Crippen molar-refractivity contribution in [3.8, 4) is 0 Å². The van der Waals surface area contributed by atoms with Gasteiger partial charge >= 0.3 is 0 Å². The first-order chi connectivity index (χ1) is 8.75. The Bertz CT molecular complexity index is 559. The molecular formula is C15H14BrNO. The highest BCUT2D eigenvalue weighted by atomic mass is 79.9. The lowest BCUT2D eigenvalue weighted by atomic mass is 10.00. The zero-order chi connectivity index (χ0) is 12.5. The summed E-state index contributed by atoms with van der Waals surface area (Å²) >= 11 is 3.54. The van der Waals surface area contributed by atoms with Gasteiger partial charge in [0.1, 0.15) is 0 Å². The standard InChI is InChI=1S/C15H14BrNO/c16-13-7-3-1-6-12(13)10-17-14-8-4-2-5-11(14)9-15(17)18/h1,3,6-9H,2,4-5,10H2. The van der Waals surface area contributed by atoms with E-state index in [9.17, 15) is 4.79 Å². The molecule has 1 aromatic rings. The van der Waals surface area contributed by atoms with Crippen LogP contribution in [0.4, 0.5) is 0 Å². The van der Waals surface area contributed by atoms with Gasteiger partial charge in [-0.2, -0.15) is 0 Å². The molecule has 2 aliphatic rings. The van der Waals surface area contributed by atoms with E-state index in [0.717, 1.165) is 35.0 Å². The van der Waals surface area contributed by atoms with E-state index in [1.165, 1.54) is 5.57 Å². The Balaban J connectivity index is 1.88. The van der Waals surface area contributed by atoms with Crippen molar-refractivity contribution in [1.82, 2.24) is 4.90 Å². The van der Waals surface area contributed by atoms with Crippen molar-refractivity contribution >= 4 is 21.8 Å². The number of amides is 1. The highest BCUT2D eigenvalue weighted by molar-refractivity contribution is 9.10. The predicted molar refractivity (Wildman–Crippen MR) is 74.7 cm³/mol. The van der Waals surface area contributed by atoms with Gasteiger partial charge in [-0.3, -0.25) is 4.79 Å². The van der Waals surface area contributed by atoms with Crippen LogP contribution in [0.5, 0.6) is 0 Å². The second-order valence-electron chi connectivity index (χ2n) is 4.67. The maximum Gasteiger partial charge on any atom is 0.251 e. The quantitative estimate of drug-likeness (QED) is 0.814. The maximum atomic E-state index is 12.0. The number of allylic oxidation sites excluding steroid dienone is 2. The monoisotopic (exact) mass is 303 g/mol. The summed E-state index contributed by atoms with van der Waals surface area (Å²) in [4.78, 5) is 13.9. The number of rotatable bonds is 2. The molecule has 2 nitrogen and oxygen atoms in total. The van der Waals surface area contributed by atoms with Crippen molar-refractivity contribution in [2.24, 2.45) is 0 Å². The summed E-state index contributed by atoms with van der Waals surface area (Å²) in [5.74, 6) is 0.119. The van der Waals surface area contributed by atoms with E-state index in [1.54, 1.807) is 6.08 Å². The second-order valence-corrected chi connectivity index (χ2v) is 5.52. The Morgan fingerprint density at radius 1 is 1.28 bits per heavy atom. The molecule has 92 valence electrons. The van der Waals surface area contributed by atoms with Gasteiger partial charge in [0.05, 0.1) is 6.54 Å². The van der Waals surface area contributed by atoms with E-state index in [4.69, 9.17) is 0 Å². The molecule has 0 bridgehead atoms. The van der Waals surface area contributed by atoms with E-state index in [0.29, 0.717) is 6.54 Å². The zero-order valence-corrected chi connectivity index (χ0v) is 11.6. The van der Waals surface area contributed by atoms with Gasteiger partial charge in [0.2, 0.25) is 0 Å². The Hall–Kier alpha value is -1.35. The Morgan fingerprint density at radius 2 is 2.11 bits per heavy atom. The van der Waals surface area contributed by atoms with Crippen LogP contribution in [0.3, 0.4) is 0 Å². The van der Waals surface area contributed by atoms with Gasteiger partial charge in [-0.25, -0.2) is 0 Å². The first-order valence-electron chi connectivity index (χ1n) is 6.22. The summed E-state index contributed by atoms with van der Waals surface area (Å²) in [6.45, 7) is 0.645. The molecule has 1 amide bonds. The van der Waals surface area contributed by atoms with E-state index < -0.39 is 0 Å². The zero-order valence-electron chi connectivity index (χ0n) is 10.0. The van der Waals surface area contributed by atoms with Crippen molar-refractivity contribution in [2.45, 2.75) is 25.8 Å². The van der Waals surface area contributed by atoms with Crippen molar-refractivity contribution in [3.63, 3.8) is 0 Å². The van der Waals surface area contributed by atoms with Gasteiger partial charge in [0.15, 0.2) is 0 Å². The molecule has 0 spiro atoms. The average molecular weight is 304 g/mol. The number of hydrogen-bond donors (Lipinski definition) is 0. The molecule has 0 fully saturated rings. The van der Waals surface area contributed by atoms with Crippen LogP contribution in [0.25, 0.3) is 0 Å². The third-order valence-electron chi connectivity index (χ3n) is 3.46. The topological polar surface area (TPSA) is 20.3 Å². The second kappa shape index (κ2) is 4.73. The summed E-state index contributed by atoms with van der Waals surface area (Å²) in [6, 6.07) is 8.06. The van der Waals surface area contributed by atoms with Crippen molar-refractivity contribution < 1.29 is 4.79 Å². The van der Waals surface area contributed by atoms with Gasteiger partial charge in [-0.1, -0.05) is 40.2 Å². The summed E-state index contributed by atoms with van der Waals surface area (Å²) in [6.07, 6.45) is 7.25. The largest absolute Gasteiger partial charge is 0.304 e. The summed E-state index contributed by atoms with van der Waals surface area (Å²) in [5, 5.41) is 0. The molecule has 0 saturated heterocycles. The van der Waals surface area contributed by atoms with Gasteiger partial charge in [-0.15, -0.1) is 0 Å². The van der Waals surface area contributed by atoms with Crippen molar-refractivity contribution in [1.29, 1.82) is 0 Å². The fourth-order valence-electron chi connectivity index (χ4n) is 2.53. The fraction of sp³-hybridized carbons (Fsp3) is 0.267. The third-order valence-corrected chi connectivity index (χ3v) is 4.23. The number of nitrogens with zero attached hydrogens (tertiary/aromatic N) is 1. The molecule has 1 aliphatic carbocycles. The molecule has 0 atom stereocenters. The number of fused-ring (bicyclic) bond motifs is 1. The van der Waals surface area contributed by atoms with Crippen molar-refractivity contribution in [3.05, 3.63) is 57.7 Å². The maximum absolute atomic E-state index is 12.0. The lowest BCUT2D eigenvalue weighted by Crippen LogP contribution is -2.24. The molecule has 0 unspecified atom stereocenters. The smallest absolute Gasteiger partial charge is 0.251 e. The van der Waals surface area contributed by atoms with E-state index in [1.807, 2.05) is 23.1 Å². The first-order valence-corrected chi connectivity index (χ1v) is 7.01. The molecule has 3 rings (SSSR count). The Labute approximate surface area is 115 Å². The molecule has 0 saturated carbocycles. The number of carbonyl (C=O) groups is 1. The van der Waals surface area contributed by atoms with Crippen LogP contribution in [0.1, 0.15) is 24.8 Å². The third kappa shape index (κ3) is 2.03. The minimum atomic E-state index is 0.119. The number of hydrogen-bond acceptors (Lipinski definition) is 1. The van der Waals surface area contributed by atoms with Gasteiger partial charge in [0, 0.05) is 16.2 Å². The Kier molecular flexibility index (Phi) is 3.08. The molecule has 1 aliphatic heterocycles. The first kappa shape index (κ1) is 11.7. The van der Waals surface area contributed by atoms with Gasteiger partial charge in [0.25, 0.3) is 5.91 Å². The van der Waals surface area contributed by atoms with Crippen LogP contribution in [-0.2, 0) is 11.3 Å². The molecule has 1 heterocycles. The van der Waals surface area contributed by atoms with Crippen LogP contribution in [0, 0.1) is 0 Å². The van der Waals surface area contributed by atoms with Gasteiger partial charge < -0.3 is 4.90 Å². The van der Waals surface area contributed by atoms with Crippen LogP contribution >= 0.6 is 15.9 Å².